The van der Waals surface area contributed by atoms with Gasteiger partial charge in [0.2, 0.25) is 0 Å². The zero-order valence-electron chi connectivity index (χ0n) is 9.23. The Labute approximate surface area is 109 Å². The van der Waals surface area contributed by atoms with Crippen molar-refractivity contribution in [1.82, 2.24) is 9.80 Å². The molecule has 0 saturated carbocycles. The molecule has 6 heteroatoms. The summed E-state index contributed by atoms with van der Waals surface area (Å²) in [4.78, 5) is 16.6. The molecule has 1 saturated heterocycles. The molecule has 0 unspecified atom stereocenters. The lowest BCUT2D eigenvalue weighted by Crippen LogP contribution is -2.48. The van der Waals surface area contributed by atoms with Crippen molar-refractivity contribution in [2.45, 2.75) is 0 Å². The molecule has 4 nitrogen and oxygen atoms in total. The van der Waals surface area contributed by atoms with Crippen LogP contribution in [0.3, 0.4) is 0 Å². The molecule has 90 valence electrons. The number of piperazine rings is 1. The first-order chi connectivity index (χ1) is 8.20. The van der Waals surface area contributed by atoms with Gasteiger partial charge in [-0.05, 0) is 12.1 Å². The van der Waals surface area contributed by atoms with E-state index < -0.39 is 0 Å². The number of hydrogen-bond acceptors (Lipinski definition) is 4. The molecule has 2 heterocycles. The molecular formula is C11H12ClN3OS. The lowest BCUT2D eigenvalue weighted by Gasteiger charge is -2.33. The fourth-order valence-electron chi connectivity index (χ4n) is 1.79. The number of rotatable bonds is 2. The number of carbonyl (C=O) groups excluding carboxylic acids is 1. The van der Waals surface area contributed by atoms with Crippen LogP contribution >= 0.6 is 22.9 Å². The van der Waals surface area contributed by atoms with Crippen molar-refractivity contribution < 1.29 is 4.79 Å². The maximum absolute atomic E-state index is 12.1. The third-order valence-electron chi connectivity index (χ3n) is 2.74. The number of nitrogens with zero attached hydrogens (tertiary/aromatic N) is 3. The minimum Gasteiger partial charge on any atom is -0.335 e. The summed E-state index contributed by atoms with van der Waals surface area (Å²) in [6, 6.07) is 5.63. The summed E-state index contributed by atoms with van der Waals surface area (Å²) in [5.74, 6) is 0.0403. The van der Waals surface area contributed by atoms with Gasteiger partial charge < -0.3 is 4.90 Å². The van der Waals surface area contributed by atoms with Gasteiger partial charge in [0.1, 0.15) is 0 Å². The van der Waals surface area contributed by atoms with Crippen LogP contribution in [0.5, 0.6) is 0 Å². The first-order valence-electron chi connectivity index (χ1n) is 5.34. The average molecular weight is 270 g/mol. The Hall–Kier alpha value is -1.09. The Balaban J connectivity index is 1.93. The van der Waals surface area contributed by atoms with Crippen LogP contribution in [-0.4, -0.2) is 48.4 Å². The second kappa shape index (κ2) is 5.50. The standard InChI is InChI=1S/C11H12ClN3OS/c12-10-2-1-9(17-10)11(16)15-7-5-14(4-3-13)6-8-15/h1-2H,4-8H2. The van der Waals surface area contributed by atoms with Crippen LogP contribution in [0.15, 0.2) is 12.1 Å². The van der Waals surface area contributed by atoms with Crippen LogP contribution in [0.1, 0.15) is 9.67 Å². The van der Waals surface area contributed by atoms with Crippen molar-refractivity contribution >= 4 is 28.8 Å². The van der Waals surface area contributed by atoms with Gasteiger partial charge in [-0.25, -0.2) is 0 Å². The number of amides is 1. The minimum atomic E-state index is 0.0403. The summed E-state index contributed by atoms with van der Waals surface area (Å²) in [6.45, 7) is 3.32. The highest BCUT2D eigenvalue weighted by Gasteiger charge is 2.22. The summed E-state index contributed by atoms with van der Waals surface area (Å²) < 4.78 is 0.636. The summed E-state index contributed by atoms with van der Waals surface area (Å²) in [5.41, 5.74) is 0. The van der Waals surface area contributed by atoms with Gasteiger partial charge in [0.25, 0.3) is 5.91 Å². The van der Waals surface area contributed by atoms with Crippen molar-refractivity contribution in [3.63, 3.8) is 0 Å². The van der Waals surface area contributed by atoms with Crippen molar-refractivity contribution in [1.29, 1.82) is 5.26 Å². The average Bonchev–Trinajstić information content (AvgIpc) is 2.76. The third kappa shape index (κ3) is 2.97. The molecule has 0 atom stereocenters. The van der Waals surface area contributed by atoms with Crippen LogP contribution in [0.4, 0.5) is 0 Å². The summed E-state index contributed by atoms with van der Waals surface area (Å²) in [7, 11) is 0. The lowest BCUT2D eigenvalue weighted by atomic mass is 10.3. The lowest BCUT2D eigenvalue weighted by molar-refractivity contribution is 0.0656. The van der Waals surface area contributed by atoms with Gasteiger partial charge in [0.15, 0.2) is 0 Å². The first kappa shape index (κ1) is 12.4. The van der Waals surface area contributed by atoms with E-state index in [4.69, 9.17) is 16.9 Å². The van der Waals surface area contributed by atoms with Gasteiger partial charge in [-0.3, -0.25) is 9.69 Å². The van der Waals surface area contributed by atoms with Gasteiger partial charge >= 0.3 is 0 Å². The summed E-state index contributed by atoms with van der Waals surface area (Å²) in [5, 5.41) is 8.59. The third-order valence-corrected chi connectivity index (χ3v) is 3.96. The number of thiophene rings is 1. The molecule has 0 spiro atoms. The van der Waals surface area contributed by atoms with E-state index in [1.807, 2.05) is 9.80 Å². The summed E-state index contributed by atoms with van der Waals surface area (Å²) in [6.07, 6.45) is 0. The zero-order valence-corrected chi connectivity index (χ0v) is 10.8. The van der Waals surface area contributed by atoms with Gasteiger partial charge in [-0.2, -0.15) is 5.26 Å². The maximum Gasteiger partial charge on any atom is 0.264 e. The van der Waals surface area contributed by atoms with E-state index in [9.17, 15) is 4.79 Å². The topological polar surface area (TPSA) is 47.3 Å². The molecule has 0 radical (unpaired) electrons. The van der Waals surface area contributed by atoms with Gasteiger partial charge in [-0.15, -0.1) is 11.3 Å². The largest absolute Gasteiger partial charge is 0.335 e. The van der Waals surface area contributed by atoms with E-state index in [0.717, 1.165) is 13.1 Å². The molecule has 1 amide bonds. The van der Waals surface area contributed by atoms with E-state index in [1.54, 1.807) is 12.1 Å². The predicted octanol–water partition coefficient (Wildman–Crippen LogP) is 1.68. The van der Waals surface area contributed by atoms with E-state index >= 15 is 0 Å². The van der Waals surface area contributed by atoms with Crippen LogP contribution < -0.4 is 0 Å². The molecule has 1 fully saturated rings. The van der Waals surface area contributed by atoms with Crippen molar-refractivity contribution in [2.75, 3.05) is 32.7 Å². The second-order valence-corrected chi connectivity index (χ2v) is 5.55. The van der Waals surface area contributed by atoms with E-state index in [1.165, 1.54) is 11.3 Å². The Kier molecular flexibility index (Phi) is 4.00. The summed E-state index contributed by atoms with van der Waals surface area (Å²) >= 11 is 7.12. The molecule has 1 aromatic heterocycles. The highest BCUT2D eigenvalue weighted by atomic mass is 35.5. The van der Waals surface area contributed by atoms with Crippen LogP contribution in [0.25, 0.3) is 0 Å². The van der Waals surface area contributed by atoms with E-state index in [0.29, 0.717) is 28.8 Å². The molecular weight excluding hydrogens is 258 g/mol. The predicted molar refractivity (Wildman–Crippen MR) is 67.3 cm³/mol. The molecule has 2 rings (SSSR count). The molecule has 1 aromatic rings. The van der Waals surface area contributed by atoms with Crippen molar-refractivity contribution in [3.8, 4) is 6.07 Å². The number of halogens is 1. The van der Waals surface area contributed by atoms with Crippen molar-refractivity contribution in [2.24, 2.45) is 0 Å². The Morgan fingerprint density at radius 1 is 1.41 bits per heavy atom. The van der Waals surface area contributed by atoms with Crippen LogP contribution in [0.2, 0.25) is 4.34 Å². The molecule has 1 aliphatic heterocycles. The minimum absolute atomic E-state index is 0.0403. The Bertz CT molecular complexity index is 446. The van der Waals surface area contributed by atoms with Crippen LogP contribution in [0, 0.1) is 11.3 Å². The Morgan fingerprint density at radius 3 is 2.65 bits per heavy atom. The first-order valence-corrected chi connectivity index (χ1v) is 6.54. The zero-order chi connectivity index (χ0) is 12.3. The fraction of sp³-hybridized carbons (Fsp3) is 0.455. The van der Waals surface area contributed by atoms with Gasteiger partial charge in [0.05, 0.1) is 21.8 Å². The molecule has 0 N–H and O–H groups in total. The van der Waals surface area contributed by atoms with Crippen molar-refractivity contribution in [3.05, 3.63) is 21.3 Å². The smallest absolute Gasteiger partial charge is 0.264 e. The quantitative estimate of drug-likeness (QED) is 0.768. The monoisotopic (exact) mass is 269 g/mol. The number of hydrogen-bond donors (Lipinski definition) is 0. The number of nitriles is 1. The highest BCUT2D eigenvalue weighted by Crippen LogP contribution is 2.23. The van der Waals surface area contributed by atoms with E-state index in [2.05, 4.69) is 6.07 Å². The molecule has 17 heavy (non-hydrogen) atoms. The number of carbonyl (C=O) groups is 1. The van der Waals surface area contributed by atoms with Gasteiger partial charge in [-0.1, -0.05) is 11.6 Å². The van der Waals surface area contributed by atoms with Gasteiger partial charge in [0, 0.05) is 26.2 Å². The maximum atomic E-state index is 12.1. The second-order valence-electron chi connectivity index (χ2n) is 3.83. The SMILES string of the molecule is N#CCN1CCN(C(=O)c2ccc(Cl)s2)CC1. The molecule has 1 aliphatic rings. The highest BCUT2D eigenvalue weighted by molar-refractivity contribution is 7.17. The normalized spacial score (nSPS) is 16.8. The van der Waals surface area contributed by atoms with Crippen LogP contribution in [-0.2, 0) is 0 Å². The fourth-order valence-corrected chi connectivity index (χ4v) is 2.81. The Morgan fingerprint density at radius 2 is 2.12 bits per heavy atom. The van der Waals surface area contributed by atoms with E-state index in [-0.39, 0.29) is 5.91 Å². The molecule has 0 aromatic carbocycles. The molecule has 0 bridgehead atoms. The molecule has 0 aliphatic carbocycles.